The molecule has 1 amide bonds. The van der Waals surface area contributed by atoms with Crippen molar-refractivity contribution in [2.75, 3.05) is 19.8 Å². The van der Waals surface area contributed by atoms with Gasteiger partial charge in [0, 0.05) is 12.6 Å². The Labute approximate surface area is 115 Å². The minimum atomic E-state index is -0.549. The molecular weight excluding hydrogens is 264 g/mol. The second-order valence-corrected chi connectivity index (χ2v) is 4.58. The fourth-order valence-electron chi connectivity index (χ4n) is 2.31. The Bertz CT molecular complexity index is 505. The Morgan fingerprint density at radius 1 is 1.50 bits per heavy atom. The Morgan fingerprint density at radius 2 is 2.25 bits per heavy atom. The van der Waals surface area contributed by atoms with Gasteiger partial charge in [-0.15, -0.1) is 0 Å². The van der Waals surface area contributed by atoms with Crippen molar-refractivity contribution in [1.82, 2.24) is 4.90 Å². The molecule has 1 aliphatic rings. The lowest BCUT2D eigenvalue weighted by atomic mass is 10.2. The van der Waals surface area contributed by atoms with Gasteiger partial charge in [-0.2, -0.15) is 0 Å². The van der Waals surface area contributed by atoms with Crippen LogP contribution < -0.4 is 4.74 Å². The molecule has 0 aromatic heterocycles. The summed E-state index contributed by atoms with van der Waals surface area (Å²) >= 11 is 0. The van der Waals surface area contributed by atoms with Crippen LogP contribution in [0.4, 0.5) is 5.69 Å². The van der Waals surface area contributed by atoms with Crippen LogP contribution in [0.3, 0.4) is 0 Å². The highest BCUT2D eigenvalue weighted by Gasteiger charge is 2.28. The molecule has 1 atom stereocenters. The normalized spacial score (nSPS) is 18.1. The average molecular weight is 280 g/mol. The Kier molecular flexibility index (Phi) is 4.52. The van der Waals surface area contributed by atoms with E-state index in [2.05, 4.69) is 0 Å². The van der Waals surface area contributed by atoms with E-state index in [0.29, 0.717) is 6.54 Å². The first-order valence-electron chi connectivity index (χ1n) is 6.40. The molecule has 1 N–H and O–H groups in total. The van der Waals surface area contributed by atoms with Gasteiger partial charge in [-0.3, -0.25) is 14.9 Å². The van der Waals surface area contributed by atoms with Gasteiger partial charge in [0.25, 0.3) is 5.91 Å². The van der Waals surface area contributed by atoms with E-state index in [1.54, 1.807) is 11.0 Å². The van der Waals surface area contributed by atoms with E-state index in [-0.39, 0.29) is 36.6 Å². The second kappa shape index (κ2) is 6.33. The summed E-state index contributed by atoms with van der Waals surface area (Å²) in [6.45, 7) is 0.253. The highest BCUT2D eigenvalue weighted by atomic mass is 16.6. The molecule has 0 spiro atoms. The standard InChI is InChI=1S/C13H16N2O5/c16-8-10-4-3-7-14(10)13(17)9-20-12-6-2-1-5-11(12)15(18)19/h1-2,5-6,10,16H,3-4,7-9H2. The zero-order valence-electron chi connectivity index (χ0n) is 10.9. The third-order valence-electron chi connectivity index (χ3n) is 3.32. The van der Waals surface area contributed by atoms with E-state index in [0.717, 1.165) is 12.8 Å². The highest BCUT2D eigenvalue weighted by molar-refractivity contribution is 5.78. The number of benzene rings is 1. The molecule has 1 fully saturated rings. The van der Waals surface area contributed by atoms with Crippen LogP contribution in [-0.2, 0) is 4.79 Å². The molecule has 1 aliphatic heterocycles. The minimum absolute atomic E-state index is 0.0722. The number of nitro groups is 1. The minimum Gasteiger partial charge on any atom is -0.477 e. The second-order valence-electron chi connectivity index (χ2n) is 4.58. The number of para-hydroxylation sites is 2. The first-order chi connectivity index (χ1) is 9.63. The molecule has 1 saturated heterocycles. The molecule has 1 unspecified atom stereocenters. The van der Waals surface area contributed by atoms with Crippen molar-refractivity contribution in [1.29, 1.82) is 0 Å². The maximum atomic E-state index is 12.0. The van der Waals surface area contributed by atoms with Gasteiger partial charge in [0.2, 0.25) is 0 Å². The molecule has 108 valence electrons. The molecule has 0 bridgehead atoms. The van der Waals surface area contributed by atoms with E-state index < -0.39 is 4.92 Å². The lowest BCUT2D eigenvalue weighted by molar-refractivity contribution is -0.385. The summed E-state index contributed by atoms with van der Waals surface area (Å²) in [5, 5.41) is 20.0. The van der Waals surface area contributed by atoms with Gasteiger partial charge < -0.3 is 14.7 Å². The van der Waals surface area contributed by atoms with E-state index >= 15 is 0 Å². The van der Waals surface area contributed by atoms with Gasteiger partial charge >= 0.3 is 5.69 Å². The summed E-state index contributed by atoms with van der Waals surface area (Å²) in [5.41, 5.74) is -0.166. The smallest absolute Gasteiger partial charge is 0.310 e. The van der Waals surface area contributed by atoms with Crippen molar-refractivity contribution in [3.05, 3.63) is 34.4 Å². The van der Waals surface area contributed by atoms with Crippen molar-refractivity contribution in [2.24, 2.45) is 0 Å². The zero-order valence-corrected chi connectivity index (χ0v) is 10.9. The van der Waals surface area contributed by atoms with E-state index in [1.807, 2.05) is 0 Å². The van der Waals surface area contributed by atoms with E-state index in [9.17, 15) is 14.9 Å². The Hall–Kier alpha value is -2.15. The molecule has 0 saturated carbocycles. The zero-order chi connectivity index (χ0) is 14.5. The molecular formula is C13H16N2O5. The van der Waals surface area contributed by atoms with Crippen molar-refractivity contribution < 1.29 is 19.6 Å². The van der Waals surface area contributed by atoms with Gasteiger partial charge in [-0.25, -0.2) is 0 Å². The van der Waals surface area contributed by atoms with Crippen LogP contribution in [0.25, 0.3) is 0 Å². The van der Waals surface area contributed by atoms with Crippen molar-refractivity contribution in [3.63, 3.8) is 0 Å². The summed E-state index contributed by atoms with van der Waals surface area (Å²) < 4.78 is 5.25. The first kappa shape index (κ1) is 14.3. The number of hydrogen-bond acceptors (Lipinski definition) is 5. The molecule has 1 heterocycles. The average Bonchev–Trinajstić information content (AvgIpc) is 2.93. The van der Waals surface area contributed by atoms with Crippen LogP contribution >= 0.6 is 0 Å². The lowest BCUT2D eigenvalue weighted by Crippen LogP contribution is -2.40. The van der Waals surface area contributed by atoms with Gasteiger partial charge in [0.1, 0.15) is 0 Å². The number of aliphatic hydroxyl groups is 1. The third kappa shape index (κ3) is 3.05. The number of amides is 1. The molecule has 7 heteroatoms. The summed E-state index contributed by atoms with van der Waals surface area (Å²) in [5.74, 6) is -0.190. The fourth-order valence-corrected chi connectivity index (χ4v) is 2.31. The largest absolute Gasteiger partial charge is 0.477 e. The number of carbonyl (C=O) groups excluding carboxylic acids is 1. The molecule has 0 aliphatic carbocycles. The highest BCUT2D eigenvalue weighted by Crippen LogP contribution is 2.26. The predicted molar refractivity (Wildman–Crippen MR) is 70.4 cm³/mol. The van der Waals surface area contributed by atoms with Gasteiger partial charge in [0.15, 0.2) is 12.4 Å². The van der Waals surface area contributed by atoms with Crippen LogP contribution in [0.5, 0.6) is 5.75 Å². The number of likely N-dealkylation sites (tertiary alicyclic amines) is 1. The Balaban J connectivity index is 1.98. The number of aliphatic hydroxyl groups excluding tert-OH is 1. The monoisotopic (exact) mass is 280 g/mol. The third-order valence-corrected chi connectivity index (χ3v) is 3.32. The molecule has 1 aromatic rings. The van der Waals surface area contributed by atoms with Gasteiger partial charge in [-0.1, -0.05) is 12.1 Å². The molecule has 20 heavy (non-hydrogen) atoms. The maximum absolute atomic E-state index is 12.0. The molecule has 2 rings (SSSR count). The Morgan fingerprint density at radius 3 is 2.95 bits per heavy atom. The summed E-state index contributed by atoms with van der Waals surface area (Å²) in [4.78, 5) is 23.8. The van der Waals surface area contributed by atoms with Crippen LogP contribution in [0, 0.1) is 10.1 Å². The van der Waals surface area contributed by atoms with Crippen LogP contribution in [0.1, 0.15) is 12.8 Å². The topological polar surface area (TPSA) is 92.9 Å². The number of ether oxygens (including phenoxy) is 1. The van der Waals surface area contributed by atoms with Crippen LogP contribution in [-0.4, -0.2) is 46.6 Å². The van der Waals surface area contributed by atoms with Gasteiger partial charge in [-0.05, 0) is 18.9 Å². The van der Waals surface area contributed by atoms with Crippen molar-refractivity contribution >= 4 is 11.6 Å². The molecule has 7 nitrogen and oxygen atoms in total. The number of hydrogen-bond donors (Lipinski definition) is 1. The van der Waals surface area contributed by atoms with Crippen molar-refractivity contribution in [2.45, 2.75) is 18.9 Å². The van der Waals surface area contributed by atoms with E-state index in [1.165, 1.54) is 18.2 Å². The fraction of sp³-hybridized carbons (Fsp3) is 0.462. The van der Waals surface area contributed by atoms with Crippen molar-refractivity contribution in [3.8, 4) is 5.75 Å². The quantitative estimate of drug-likeness (QED) is 0.640. The van der Waals surface area contributed by atoms with Gasteiger partial charge in [0.05, 0.1) is 17.6 Å². The number of nitro benzene ring substituents is 1. The predicted octanol–water partition coefficient (Wildman–Crippen LogP) is 0.957. The first-order valence-corrected chi connectivity index (χ1v) is 6.40. The summed E-state index contributed by atoms with van der Waals surface area (Å²) in [6, 6.07) is 5.76. The maximum Gasteiger partial charge on any atom is 0.310 e. The molecule has 0 radical (unpaired) electrons. The van der Waals surface area contributed by atoms with Crippen LogP contribution in [0.15, 0.2) is 24.3 Å². The SMILES string of the molecule is O=C(COc1ccccc1[N+](=O)[O-])N1CCCC1CO. The number of carbonyl (C=O) groups is 1. The van der Waals surface area contributed by atoms with E-state index in [4.69, 9.17) is 9.84 Å². The number of nitrogens with zero attached hydrogens (tertiary/aromatic N) is 2. The summed E-state index contributed by atoms with van der Waals surface area (Å²) in [7, 11) is 0. The number of rotatable bonds is 5. The summed E-state index contributed by atoms with van der Waals surface area (Å²) in [6.07, 6.45) is 1.62. The lowest BCUT2D eigenvalue weighted by Gasteiger charge is -2.22. The molecule has 1 aromatic carbocycles. The van der Waals surface area contributed by atoms with Crippen LogP contribution in [0.2, 0.25) is 0 Å².